The van der Waals surface area contributed by atoms with Gasteiger partial charge in [0, 0.05) is 25.7 Å². The zero-order valence-electron chi connectivity index (χ0n) is 13.4. The third-order valence-corrected chi connectivity index (χ3v) is 3.65. The number of aliphatic hydroxyl groups is 1. The van der Waals surface area contributed by atoms with E-state index in [0.29, 0.717) is 31.5 Å². The summed E-state index contributed by atoms with van der Waals surface area (Å²) in [6.45, 7) is 8.19. The van der Waals surface area contributed by atoms with Crippen LogP contribution >= 0.6 is 0 Å². The molecular weight excluding hydrogens is 264 g/mol. The Morgan fingerprint density at radius 3 is 2.48 bits per heavy atom. The van der Waals surface area contributed by atoms with Gasteiger partial charge in [0.2, 0.25) is 5.91 Å². The highest BCUT2D eigenvalue weighted by molar-refractivity contribution is 5.78. The molecule has 1 aromatic rings. The van der Waals surface area contributed by atoms with Gasteiger partial charge in [0.15, 0.2) is 0 Å². The minimum Gasteiger partial charge on any atom is -0.396 e. The molecule has 21 heavy (non-hydrogen) atoms. The fourth-order valence-electron chi connectivity index (χ4n) is 2.20. The molecule has 0 radical (unpaired) electrons. The summed E-state index contributed by atoms with van der Waals surface area (Å²) in [5.74, 6) is 0.351. The second kappa shape index (κ2) is 9.53. The van der Waals surface area contributed by atoms with E-state index in [1.165, 1.54) is 5.56 Å². The highest BCUT2D eigenvalue weighted by Crippen LogP contribution is 2.12. The van der Waals surface area contributed by atoms with Gasteiger partial charge in [0.1, 0.15) is 0 Å². The first-order valence-corrected chi connectivity index (χ1v) is 7.71. The lowest BCUT2D eigenvalue weighted by Gasteiger charge is -2.25. The van der Waals surface area contributed by atoms with Crippen LogP contribution in [-0.4, -0.2) is 48.2 Å². The lowest BCUT2D eigenvalue weighted by molar-refractivity contribution is -0.122. The lowest BCUT2D eigenvalue weighted by atomic mass is 10.0. The number of rotatable bonds is 9. The van der Waals surface area contributed by atoms with Crippen molar-refractivity contribution < 1.29 is 9.90 Å². The molecule has 1 rings (SSSR count). The maximum absolute atomic E-state index is 12.0. The predicted molar refractivity (Wildman–Crippen MR) is 86.3 cm³/mol. The van der Waals surface area contributed by atoms with Crippen molar-refractivity contribution in [1.29, 1.82) is 0 Å². The molecule has 0 spiro atoms. The highest BCUT2D eigenvalue weighted by Gasteiger charge is 2.14. The molecule has 0 heterocycles. The number of benzene rings is 1. The van der Waals surface area contributed by atoms with Gasteiger partial charge in [-0.15, -0.1) is 0 Å². The van der Waals surface area contributed by atoms with Gasteiger partial charge in [-0.3, -0.25) is 9.69 Å². The first-order valence-electron chi connectivity index (χ1n) is 7.71. The second-order valence-corrected chi connectivity index (χ2v) is 5.76. The van der Waals surface area contributed by atoms with Crippen molar-refractivity contribution in [1.82, 2.24) is 10.2 Å². The van der Waals surface area contributed by atoms with Crippen LogP contribution < -0.4 is 5.32 Å². The molecule has 0 aromatic heterocycles. The zero-order chi connectivity index (χ0) is 15.7. The molecule has 1 unspecified atom stereocenters. The summed E-state index contributed by atoms with van der Waals surface area (Å²) in [7, 11) is 0. The van der Waals surface area contributed by atoms with E-state index >= 15 is 0 Å². The van der Waals surface area contributed by atoms with Gasteiger partial charge < -0.3 is 10.4 Å². The molecule has 0 aliphatic heterocycles. The molecule has 4 nitrogen and oxygen atoms in total. The molecule has 0 aliphatic rings. The summed E-state index contributed by atoms with van der Waals surface area (Å²) >= 11 is 0. The Kier molecular flexibility index (Phi) is 8.01. The summed E-state index contributed by atoms with van der Waals surface area (Å²) in [5.41, 5.74) is 1.23. The van der Waals surface area contributed by atoms with Crippen molar-refractivity contribution in [2.24, 2.45) is 0 Å². The van der Waals surface area contributed by atoms with Crippen LogP contribution in [0.3, 0.4) is 0 Å². The average molecular weight is 292 g/mol. The third kappa shape index (κ3) is 6.74. The van der Waals surface area contributed by atoms with E-state index in [1.807, 2.05) is 18.2 Å². The van der Waals surface area contributed by atoms with E-state index < -0.39 is 0 Å². The fourth-order valence-corrected chi connectivity index (χ4v) is 2.20. The summed E-state index contributed by atoms with van der Waals surface area (Å²) in [6.07, 6.45) is 0.700. The van der Waals surface area contributed by atoms with Crippen molar-refractivity contribution in [2.75, 3.05) is 26.2 Å². The summed E-state index contributed by atoms with van der Waals surface area (Å²) in [6, 6.07) is 10.5. The molecule has 1 aromatic carbocycles. The van der Waals surface area contributed by atoms with E-state index in [0.717, 1.165) is 6.54 Å². The number of nitrogens with one attached hydrogen (secondary N) is 1. The highest BCUT2D eigenvalue weighted by atomic mass is 16.3. The van der Waals surface area contributed by atoms with E-state index in [2.05, 4.69) is 43.1 Å². The van der Waals surface area contributed by atoms with Crippen LogP contribution in [0.5, 0.6) is 0 Å². The minimum absolute atomic E-state index is 0.0458. The topological polar surface area (TPSA) is 52.6 Å². The molecule has 0 saturated heterocycles. The van der Waals surface area contributed by atoms with Crippen LogP contribution in [0.15, 0.2) is 30.3 Å². The summed E-state index contributed by atoms with van der Waals surface area (Å²) < 4.78 is 0. The zero-order valence-corrected chi connectivity index (χ0v) is 13.4. The molecule has 0 bridgehead atoms. The molecule has 2 N–H and O–H groups in total. The Bertz CT molecular complexity index is 407. The monoisotopic (exact) mass is 292 g/mol. The van der Waals surface area contributed by atoms with Crippen LogP contribution in [0.2, 0.25) is 0 Å². The summed E-state index contributed by atoms with van der Waals surface area (Å²) in [4.78, 5) is 14.1. The quantitative estimate of drug-likeness (QED) is 0.732. The van der Waals surface area contributed by atoms with Gasteiger partial charge in [-0.25, -0.2) is 0 Å². The minimum atomic E-state index is 0.0458. The van der Waals surface area contributed by atoms with Crippen LogP contribution in [0.1, 0.15) is 38.7 Å². The van der Waals surface area contributed by atoms with Gasteiger partial charge in [0.05, 0.1) is 6.54 Å². The number of aliphatic hydroxyl groups excluding tert-OH is 1. The number of hydrogen-bond acceptors (Lipinski definition) is 3. The van der Waals surface area contributed by atoms with E-state index in [-0.39, 0.29) is 12.5 Å². The SMILES string of the molecule is CC(CNC(=O)CN(CCCO)C(C)C)c1ccccc1. The van der Waals surface area contributed by atoms with Gasteiger partial charge in [0.25, 0.3) is 0 Å². The number of hydrogen-bond donors (Lipinski definition) is 2. The Morgan fingerprint density at radius 2 is 1.90 bits per heavy atom. The Labute approximate surface area is 128 Å². The number of nitrogens with zero attached hydrogens (tertiary/aromatic N) is 1. The van der Waals surface area contributed by atoms with E-state index in [4.69, 9.17) is 5.11 Å². The van der Waals surface area contributed by atoms with Crippen LogP contribution in [-0.2, 0) is 4.79 Å². The Hall–Kier alpha value is -1.39. The predicted octanol–water partition coefficient (Wildman–Crippen LogP) is 2.00. The van der Waals surface area contributed by atoms with Crippen LogP contribution in [0.4, 0.5) is 0 Å². The average Bonchev–Trinajstić information content (AvgIpc) is 2.49. The first kappa shape index (κ1) is 17.7. The molecule has 1 atom stereocenters. The lowest BCUT2D eigenvalue weighted by Crippen LogP contribution is -2.42. The molecule has 4 heteroatoms. The number of carbonyl (C=O) groups excluding carboxylic acids is 1. The van der Waals surface area contributed by atoms with Crippen molar-refractivity contribution in [3.05, 3.63) is 35.9 Å². The largest absolute Gasteiger partial charge is 0.396 e. The molecule has 0 fully saturated rings. The van der Waals surface area contributed by atoms with E-state index in [9.17, 15) is 4.79 Å². The maximum atomic E-state index is 12.0. The smallest absolute Gasteiger partial charge is 0.234 e. The van der Waals surface area contributed by atoms with Crippen LogP contribution in [0.25, 0.3) is 0 Å². The maximum Gasteiger partial charge on any atom is 0.234 e. The second-order valence-electron chi connectivity index (χ2n) is 5.76. The van der Waals surface area contributed by atoms with Crippen molar-refractivity contribution >= 4 is 5.91 Å². The third-order valence-electron chi connectivity index (χ3n) is 3.65. The van der Waals surface area contributed by atoms with Crippen molar-refractivity contribution in [3.8, 4) is 0 Å². The molecular formula is C17H28N2O2. The fraction of sp³-hybridized carbons (Fsp3) is 0.588. The molecule has 1 amide bonds. The van der Waals surface area contributed by atoms with Gasteiger partial charge >= 0.3 is 0 Å². The standard InChI is InChI=1S/C17H28N2O2/c1-14(2)19(10-7-11-20)13-17(21)18-12-15(3)16-8-5-4-6-9-16/h4-6,8-9,14-15,20H,7,10-13H2,1-3H3,(H,18,21). The number of amides is 1. The molecule has 0 aliphatic carbocycles. The van der Waals surface area contributed by atoms with Gasteiger partial charge in [-0.1, -0.05) is 37.3 Å². The van der Waals surface area contributed by atoms with Gasteiger partial charge in [-0.05, 0) is 31.7 Å². The summed E-state index contributed by atoms with van der Waals surface area (Å²) in [5, 5.41) is 11.9. The molecule has 0 saturated carbocycles. The van der Waals surface area contributed by atoms with Crippen LogP contribution in [0, 0.1) is 0 Å². The Balaban J connectivity index is 2.38. The van der Waals surface area contributed by atoms with Crippen molar-refractivity contribution in [2.45, 2.75) is 39.2 Å². The number of carbonyl (C=O) groups is 1. The molecule has 118 valence electrons. The first-order chi connectivity index (χ1) is 10.0. The van der Waals surface area contributed by atoms with Crippen molar-refractivity contribution in [3.63, 3.8) is 0 Å². The Morgan fingerprint density at radius 1 is 1.24 bits per heavy atom. The van der Waals surface area contributed by atoms with E-state index in [1.54, 1.807) is 0 Å². The van der Waals surface area contributed by atoms with Gasteiger partial charge in [-0.2, -0.15) is 0 Å². The normalized spacial score (nSPS) is 12.7.